The van der Waals surface area contributed by atoms with Gasteiger partial charge in [-0.05, 0) is 37.1 Å². The first kappa shape index (κ1) is 28.0. The number of amides is 2. The molecule has 4 rings (SSSR count). The van der Waals surface area contributed by atoms with E-state index >= 15 is 0 Å². The second-order valence-electron chi connectivity index (χ2n) is 9.11. The molecular weight excluding hydrogens is 500 g/mol. The minimum Gasteiger partial charge on any atom is -0.273 e. The zero-order chi connectivity index (χ0) is 27.8. The van der Waals surface area contributed by atoms with E-state index in [1.165, 1.54) is 0 Å². The maximum absolute atomic E-state index is 12.4. The summed E-state index contributed by atoms with van der Waals surface area (Å²) in [5, 5.41) is 8.80. The molecule has 0 radical (unpaired) electrons. The molecule has 0 fully saturated rings. The van der Waals surface area contributed by atoms with E-state index in [0.29, 0.717) is 24.3 Å². The lowest BCUT2D eigenvalue weighted by molar-refractivity contribution is -0.122. The SMILES string of the molecule is O=C(CCCCCCC(=O)N/N=C(\c1ccccc1)c1ccncc1)N/N=C(\c1ccccc1)c1ccncc1. The van der Waals surface area contributed by atoms with Gasteiger partial charge in [-0.2, -0.15) is 10.2 Å². The Kier molecular flexibility index (Phi) is 10.8. The number of hydrogen-bond acceptors (Lipinski definition) is 6. The summed E-state index contributed by atoms with van der Waals surface area (Å²) in [5.41, 5.74) is 10.3. The molecule has 0 unspecified atom stereocenters. The van der Waals surface area contributed by atoms with Gasteiger partial charge in [0.05, 0.1) is 11.4 Å². The van der Waals surface area contributed by atoms with Crippen LogP contribution in [0, 0.1) is 0 Å². The number of pyridine rings is 2. The highest BCUT2D eigenvalue weighted by molar-refractivity contribution is 6.13. The van der Waals surface area contributed by atoms with E-state index in [1.807, 2.05) is 84.9 Å². The average molecular weight is 533 g/mol. The monoisotopic (exact) mass is 532 g/mol. The number of nitrogens with zero attached hydrogens (tertiary/aromatic N) is 4. The number of nitrogens with one attached hydrogen (secondary N) is 2. The summed E-state index contributed by atoms with van der Waals surface area (Å²) >= 11 is 0. The van der Waals surface area contributed by atoms with Gasteiger partial charge >= 0.3 is 0 Å². The molecule has 2 heterocycles. The molecule has 2 N–H and O–H groups in total. The van der Waals surface area contributed by atoms with E-state index in [0.717, 1.165) is 47.9 Å². The quantitative estimate of drug-likeness (QED) is 0.139. The van der Waals surface area contributed by atoms with Gasteiger partial charge in [0.2, 0.25) is 11.8 Å². The average Bonchev–Trinajstić information content (AvgIpc) is 3.01. The summed E-state index contributed by atoms with van der Waals surface area (Å²) in [7, 11) is 0. The van der Waals surface area contributed by atoms with Crippen molar-refractivity contribution >= 4 is 23.2 Å². The van der Waals surface area contributed by atoms with Crippen LogP contribution in [0.15, 0.2) is 120 Å². The highest BCUT2D eigenvalue weighted by Crippen LogP contribution is 2.12. The number of hydrazone groups is 2. The number of aromatic nitrogens is 2. The molecule has 2 aromatic carbocycles. The normalized spacial score (nSPS) is 11.6. The van der Waals surface area contributed by atoms with Crippen LogP contribution in [-0.4, -0.2) is 33.2 Å². The first-order valence-corrected chi connectivity index (χ1v) is 13.4. The standard InChI is InChI=1S/C32H32N6O2/c39-29(35-37-31(25-11-5-3-6-12-25)27-17-21-33-22-18-27)15-9-1-2-10-16-30(40)36-38-32(26-13-7-4-8-14-26)28-19-23-34-24-20-28/h3-8,11-14,17-24H,1-2,9-10,15-16H2,(H,35,39)(H,36,40)/b37-31+,38-32+. The maximum Gasteiger partial charge on any atom is 0.240 e. The fourth-order valence-corrected chi connectivity index (χ4v) is 4.08. The first-order chi connectivity index (χ1) is 19.7. The van der Waals surface area contributed by atoms with Gasteiger partial charge in [0.1, 0.15) is 0 Å². The Morgan fingerprint density at radius 1 is 0.500 bits per heavy atom. The van der Waals surface area contributed by atoms with Crippen molar-refractivity contribution in [3.05, 3.63) is 132 Å². The number of rotatable bonds is 13. The van der Waals surface area contributed by atoms with E-state index in [2.05, 4.69) is 31.0 Å². The minimum absolute atomic E-state index is 0.140. The molecule has 8 heteroatoms. The third-order valence-corrected chi connectivity index (χ3v) is 6.14. The minimum atomic E-state index is -0.140. The van der Waals surface area contributed by atoms with Gasteiger partial charge in [-0.1, -0.05) is 73.5 Å². The van der Waals surface area contributed by atoms with E-state index in [4.69, 9.17) is 0 Å². The van der Waals surface area contributed by atoms with Crippen LogP contribution in [0.5, 0.6) is 0 Å². The third-order valence-electron chi connectivity index (χ3n) is 6.14. The molecule has 0 saturated heterocycles. The molecule has 4 aromatic rings. The molecule has 40 heavy (non-hydrogen) atoms. The van der Waals surface area contributed by atoms with Crippen LogP contribution >= 0.6 is 0 Å². The van der Waals surface area contributed by atoms with Crippen LogP contribution < -0.4 is 10.9 Å². The van der Waals surface area contributed by atoms with Crippen LogP contribution in [0.25, 0.3) is 0 Å². The number of carbonyl (C=O) groups is 2. The van der Waals surface area contributed by atoms with Crippen molar-refractivity contribution in [1.29, 1.82) is 0 Å². The largest absolute Gasteiger partial charge is 0.273 e. The van der Waals surface area contributed by atoms with E-state index in [1.54, 1.807) is 24.8 Å². The number of hydrogen-bond donors (Lipinski definition) is 2. The molecule has 2 aromatic heterocycles. The molecular formula is C32H32N6O2. The van der Waals surface area contributed by atoms with Crippen molar-refractivity contribution in [3.8, 4) is 0 Å². The summed E-state index contributed by atoms with van der Waals surface area (Å²) in [5.74, 6) is -0.279. The van der Waals surface area contributed by atoms with Crippen molar-refractivity contribution in [2.75, 3.05) is 0 Å². The molecule has 0 aliphatic rings. The predicted molar refractivity (Wildman–Crippen MR) is 157 cm³/mol. The molecule has 2 amide bonds. The second-order valence-corrected chi connectivity index (χ2v) is 9.11. The number of benzene rings is 2. The lowest BCUT2D eigenvalue weighted by atomic mass is 10.0. The summed E-state index contributed by atoms with van der Waals surface area (Å²) < 4.78 is 0. The van der Waals surface area contributed by atoms with E-state index < -0.39 is 0 Å². The Labute approximate surface area is 234 Å². The third kappa shape index (κ3) is 8.80. The highest BCUT2D eigenvalue weighted by atomic mass is 16.2. The topological polar surface area (TPSA) is 109 Å². The van der Waals surface area contributed by atoms with Gasteiger partial charge in [0.15, 0.2) is 0 Å². The number of unbranched alkanes of at least 4 members (excludes halogenated alkanes) is 3. The molecule has 202 valence electrons. The summed E-state index contributed by atoms with van der Waals surface area (Å²) in [6.45, 7) is 0. The van der Waals surface area contributed by atoms with Crippen molar-refractivity contribution in [1.82, 2.24) is 20.8 Å². The fraction of sp³-hybridized carbons (Fsp3) is 0.188. The van der Waals surface area contributed by atoms with Crippen molar-refractivity contribution in [3.63, 3.8) is 0 Å². The summed E-state index contributed by atoms with van der Waals surface area (Å²) in [6.07, 6.45) is 10.7. The molecule has 0 aliphatic heterocycles. The summed E-state index contributed by atoms with van der Waals surface area (Å²) in [6, 6.07) is 26.9. The van der Waals surface area contributed by atoms with E-state index in [9.17, 15) is 9.59 Å². The Morgan fingerprint density at radius 3 is 1.23 bits per heavy atom. The maximum atomic E-state index is 12.4. The Bertz CT molecular complexity index is 1220. The Morgan fingerprint density at radius 2 is 0.850 bits per heavy atom. The first-order valence-electron chi connectivity index (χ1n) is 13.4. The van der Waals surface area contributed by atoms with Crippen LogP contribution in [0.1, 0.15) is 60.8 Å². The molecule has 0 spiro atoms. The van der Waals surface area contributed by atoms with Crippen LogP contribution in [0.4, 0.5) is 0 Å². The van der Waals surface area contributed by atoms with Crippen LogP contribution in [-0.2, 0) is 9.59 Å². The Hall–Kier alpha value is -4.98. The molecule has 0 aliphatic carbocycles. The van der Waals surface area contributed by atoms with Gasteiger partial charge in [-0.25, -0.2) is 10.9 Å². The highest BCUT2D eigenvalue weighted by Gasteiger charge is 2.10. The lowest BCUT2D eigenvalue weighted by Crippen LogP contribution is -2.20. The van der Waals surface area contributed by atoms with Crippen LogP contribution in [0.2, 0.25) is 0 Å². The van der Waals surface area contributed by atoms with E-state index in [-0.39, 0.29) is 11.8 Å². The van der Waals surface area contributed by atoms with Gasteiger partial charge in [-0.3, -0.25) is 19.6 Å². The molecule has 0 atom stereocenters. The molecule has 0 saturated carbocycles. The Balaban J connectivity index is 1.19. The zero-order valence-electron chi connectivity index (χ0n) is 22.2. The van der Waals surface area contributed by atoms with Gasteiger partial charge in [-0.15, -0.1) is 0 Å². The van der Waals surface area contributed by atoms with Crippen molar-refractivity contribution in [2.45, 2.75) is 38.5 Å². The van der Waals surface area contributed by atoms with Crippen molar-refractivity contribution < 1.29 is 9.59 Å². The van der Waals surface area contributed by atoms with Gasteiger partial charge in [0.25, 0.3) is 0 Å². The van der Waals surface area contributed by atoms with Crippen molar-refractivity contribution in [2.24, 2.45) is 10.2 Å². The zero-order valence-corrected chi connectivity index (χ0v) is 22.2. The fourth-order valence-electron chi connectivity index (χ4n) is 4.08. The lowest BCUT2D eigenvalue weighted by Gasteiger charge is -2.08. The summed E-state index contributed by atoms with van der Waals surface area (Å²) in [4.78, 5) is 33.0. The second kappa shape index (κ2) is 15.4. The molecule has 0 bridgehead atoms. The predicted octanol–water partition coefficient (Wildman–Crippen LogP) is 5.25. The number of carbonyl (C=O) groups excluding carboxylic acids is 2. The van der Waals surface area contributed by atoms with Gasteiger partial charge in [0, 0.05) is 59.9 Å². The smallest absolute Gasteiger partial charge is 0.240 e. The van der Waals surface area contributed by atoms with Gasteiger partial charge < -0.3 is 0 Å². The van der Waals surface area contributed by atoms with Crippen LogP contribution in [0.3, 0.4) is 0 Å². The molecule has 8 nitrogen and oxygen atoms in total.